The third-order valence-electron chi connectivity index (χ3n) is 11.8. The van der Waals surface area contributed by atoms with Crippen LogP contribution < -0.4 is 4.90 Å². The molecule has 9 aromatic carbocycles. The smallest absolute Gasteiger partial charge is 0.0713 e. The van der Waals surface area contributed by atoms with E-state index < -0.39 is 5.41 Å². The first-order valence-corrected chi connectivity index (χ1v) is 20.4. The maximum Gasteiger partial charge on any atom is 0.0713 e. The molecular formula is C55H37NS. The largest absolute Gasteiger partial charge is 0.310 e. The van der Waals surface area contributed by atoms with Gasteiger partial charge in [-0.25, -0.2) is 0 Å². The van der Waals surface area contributed by atoms with E-state index in [9.17, 15) is 0 Å². The number of rotatable bonds is 7. The van der Waals surface area contributed by atoms with E-state index in [0.29, 0.717) is 0 Å². The molecule has 0 saturated heterocycles. The lowest BCUT2D eigenvalue weighted by Crippen LogP contribution is -2.28. The Balaban J connectivity index is 1.01. The summed E-state index contributed by atoms with van der Waals surface area (Å²) < 4.78 is 2.66. The van der Waals surface area contributed by atoms with Crippen LogP contribution in [0.1, 0.15) is 22.3 Å². The third kappa shape index (κ3) is 5.37. The second kappa shape index (κ2) is 13.6. The Morgan fingerprint density at radius 2 is 0.877 bits per heavy atom. The summed E-state index contributed by atoms with van der Waals surface area (Å²) in [7, 11) is 0. The molecule has 0 unspecified atom stereocenters. The highest BCUT2D eigenvalue weighted by Crippen LogP contribution is 2.56. The van der Waals surface area contributed by atoms with Crippen LogP contribution in [-0.2, 0) is 5.41 Å². The molecule has 0 N–H and O–H groups in total. The highest BCUT2D eigenvalue weighted by molar-refractivity contribution is 7.26. The van der Waals surface area contributed by atoms with Crippen LogP contribution in [0.15, 0.2) is 224 Å². The molecule has 268 valence electrons. The van der Waals surface area contributed by atoms with E-state index in [0.717, 1.165) is 17.1 Å². The first kappa shape index (κ1) is 33.3. The molecule has 0 aliphatic heterocycles. The standard InChI is InChI=1S/C55H37NS/c1-4-17-41(18-5-1)55(42-19-6-2-7-20-42)51-28-12-10-24-47(51)50-37-40(32-35-52(50)55)39-16-14-23-45(36-39)56(43-21-8-3-9-22-43)44-33-30-38(31-34-44)46-26-15-27-49-48-25-11-13-29-53(48)57-54(46)49/h1-37H. The van der Waals surface area contributed by atoms with Crippen LogP contribution >= 0.6 is 11.3 Å². The SMILES string of the molecule is c1ccc(N(c2ccc(-c3cccc4c3sc3ccccc34)cc2)c2cccc(-c3ccc4c(c3)-c3ccccc3C4(c3ccccc3)c3ccccc3)c2)cc1. The summed E-state index contributed by atoms with van der Waals surface area (Å²) in [6.07, 6.45) is 0. The lowest BCUT2D eigenvalue weighted by atomic mass is 9.67. The zero-order chi connectivity index (χ0) is 37.8. The highest BCUT2D eigenvalue weighted by atomic mass is 32.1. The monoisotopic (exact) mass is 743 g/mol. The molecule has 1 nitrogen and oxygen atoms in total. The molecule has 0 amide bonds. The van der Waals surface area contributed by atoms with Crippen molar-refractivity contribution in [2.45, 2.75) is 5.41 Å². The van der Waals surface area contributed by atoms with Crippen LogP contribution in [0.3, 0.4) is 0 Å². The minimum absolute atomic E-state index is 0.409. The van der Waals surface area contributed by atoms with Gasteiger partial charge in [-0.1, -0.05) is 176 Å². The van der Waals surface area contributed by atoms with Crippen molar-refractivity contribution in [1.29, 1.82) is 0 Å². The zero-order valence-electron chi connectivity index (χ0n) is 31.2. The predicted octanol–water partition coefficient (Wildman–Crippen LogP) is 15.2. The Hall–Kier alpha value is -7.00. The van der Waals surface area contributed by atoms with E-state index in [2.05, 4.69) is 229 Å². The Morgan fingerprint density at radius 3 is 1.65 bits per heavy atom. The van der Waals surface area contributed by atoms with Crippen molar-refractivity contribution >= 4 is 48.6 Å². The summed E-state index contributed by atoms with van der Waals surface area (Å²) in [4.78, 5) is 2.37. The lowest BCUT2D eigenvalue weighted by Gasteiger charge is -2.33. The van der Waals surface area contributed by atoms with Crippen LogP contribution in [-0.4, -0.2) is 0 Å². The molecule has 1 aliphatic carbocycles. The fraction of sp³-hybridized carbons (Fsp3) is 0.0182. The quantitative estimate of drug-likeness (QED) is 0.157. The Labute approximate surface area is 337 Å². The molecule has 0 atom stereocenters. The number of hydrogen-bond donors (Lipinski definition) is 0. The molecule has 0 fully saturated rings. The van der Waals surface area contributed by atoms with Gasteiger partial charge >= 0.3 is 0 Å². The van der Waals surface area contributed by atoms with Gasteiger partial charge in [0, 0.05) is 37.2 Å². The van der Waals surface area contributed by atoms with Crippen molar-refractivity contribution in [2.75, 3.05) is 4.90 Å². The molecule has 0 radical (unpaired) electrons. The average molecular weight is 744 g/mol. The van der Waals surface area contributed by atoms with E-state index >= 15 is 0 Å². The number of fused-ring (bicyclic) bond motifs is 6. The van der Waals surface area contributed by atoms with Gasteiger partial charge in [-0.2, -0.15) is 0 Å². The number of anilines is 3. The molecule has 10 aromatic rings. The summed E-state index contributed by atoms with van der Waals surface area (Å²) in [6, 6.07) is 82.3. The molecule has 0 spiro atoms. The zero-order valence-corrected chi connectivity index (χ0v) is 32.0. The maximum absolute atomic E-state index is 2.41. The maximum atomic E-state index is 2.41. The van der Waals surface area contributed by atoms with Gasteiger partial charge in [0.25, 0.3) is 0 Å². The van der Waals surface area contributed by atoms with Gasteiger partial charge in [0.05, 0.1) is 5.41 Å². The first-order valence-electron chi connectivity index (χ1n) is 19.6. The van der Waals surface area contributed by atoms with E-state index in [1.165, 1.54) is 75.8 Å². The Morgan fingerprint density at radius 1 is 0.333 bits per heavy atom. The van der Waals surface area contributed by atoms with Gasteiger partial charge in [0.15, 0.2) is 0 Å². The van der Waals surface area contributed by atoms with Gasteiger partial charge in [-0.05, 0) is 104 Å². The minimum Gasteiger partial charge on any atom is -0.310 e. The Bertz CT molecular complexity index is 3020. The van der Waals surface area contributed by atoms with Gasteiger partial charge < -0.3 is 4.90 Å². The number of nitrogens with zero attached hydrogens (tertiary/aromatic N) is 1. The number of hydrogen-bond acceptors (Lipinski definition) is 2. The van der Waals surface area contributed by atoms with Gasteiger partial charge in [0.2, 0.25) is 0 Å². The second-order valence-corrected chi connectivity index (χ2v) is 15.9. The first-order chi connectivity index (χ1) is 28.3. The van der Waals surface area contributed by atoms with Crippen molar-refractivity contribution in [1.82, 2.24) is 0 Å². The van der Waals surface area contributed by atoms with Gasteiger partial charge in [-0.3, -0.25) is 0 Å². The highest BCUT2D eigenvalue weighted by Gasteiger charge is 2.45. The molecule has 0 saturated carbocycles. The predicted molar refractivity (Wildman–Crippen MR) is 242 cm³/mol. The second-order valence-electron chi connectivity index (χ2n) is 14.8. The summed E-state index contributed by atoms with van der Waals surface area (Å²) in [5, 5.41) is 2.64. The topological polar surface area (TPSA) is 3.24 Å². The summed E-state index contributed by atoms with van der Waals surface area (Å²) in [5.74, 6) is 0. The van der Waals surface area contributed by atoms with Crippen LogP contribution in [0.2, 0.25) is 0 Å². The van der Waals surface area contributed by atoms with E-state index in [1.54, 1.807) is 0 Å². The van der Waals surface area contributed by atoms with Crippen molar-refractivity contribution in [3.05, 3.63) is 247 Å². The third-order valence-corrected chi connectivity index (χ3v) is 13.0. The molecular weight excluding hydrogens is 707 g/mol. The van der Waals surface area contributed by atoms with Crippen LogP contribution in [0.4, 0.5) is 17.1 Å². The van der Waals surface area contributed by atoms with Gasteiger partial charge in [0.1, 0.15) is 0 Å². The van der Waals surface area contributed by atoms with Crippen LogP contribution in [0.25, 0.3) is 53.6 Å². The lowest BCUT2D eigenvalue weighted by molar-refractivity contribution is 0.768. The molecule has 11 rings (SSSR count). The molecule has 1 aromatic heterocycles. The summed E-state index contributed by atoms with van der Waals surface area (Å²) in [6.45, 7) is 0. The molecule has 1 aliphatic rings. The van der Waals surface area contributed by atoms with Crippen molar-refractivity contribution in [3.63, 3.8) is 0 Å². The molecule has 2 heteroatoms. The number of benzene rings is 9. The van der Waals surface area contributed by atoms with Gasteiger partial charge in [-0.15, -0.1) is 11.3 Å². The van der Waals surface area contributed by atoms with E-state index in [4.69, 9.17) is 0 Å². The summed E-state index contributed by atoms with van der Waals surface area (Å²) >= 11 is 1.88. The molecule has 0 bridgehead atoms. The van der Waals surface area contributed by atoms with Crippen molar-refractivity contribution < 1.29 is 0 Å². The normalized spacial score (nSPS) is 12.7. The number of thiophene rings is 1. The summed E-state index contributed by atoms with van der Waals surface area (Å²) in [5.41, 5.74) is 15.6. The molecule has 57 heavy (non-hydrogen) atoms. The van der Waals surface area contributed by atoms with Crippen LogP contribution in [0.5, 0.6) is 0 Å². The van der Waals surface area contributed by atoms with Crippen molar-refractivity contribution in [3.8, 4) is 33.4 Å². The Kier molecular flexibility index (Phi) is 7.98. The average Bonchev–Trinajstić information content (AvgIpc) is 3.82. The number of para-hydroxylation sites is 1. The van der Waals surface area contributed by atoms with E-state index in [1.807, 2.05) is 11.3 Å². The van der Waals surface area contributed by atoms with Crippen molar-refractivity contribution in [2.24, 2.45) is 0 Å². The fourth-order valence-electron chi connectivity index (χ4n) is 9.24. The fourth-order valence-corrected chi connectivity index (χ4v) is 10.5. The minimum atomic E-state index is -0.409. The van der Waals surface area contributed by atoms with E-state index in [-0.39, 0.29) is 0 Å². The molecule has 1 heterocycles. The van der Waals surface area contributed by atoms with Crippen LogP contribution in [0, 0.1) is 0 Å².